The van der Waals surface area contributed by atoms with Gasteiger partial charge in [0.1, 0.15) is 6.10 Å². The number of likely N-dealkylation sites (tertiary alicyclic amines) is 1. The first-order valence-electron chi connectivity index (χ1n) is 12.8. The largest absolute Gasteiger partial charge is 0.494 e. The van der Waals surface area contributed by atoms with Gasteiger partial charge in [0.2, 0.25) is 0 Å². The summed E-state index contributed by atoms with van der Waals surface area (Å²) in [7, 11) is 5.02. The Bertz CT molecular complexity index is 883. The Morgan fingerprint density at radius 1 is 1.09 bits per heavy atom. The summed E-state index contributed by atoms with van der Waals surface area (Å²) in [5.74, 6) is 2.20. The average Bonchev–Trinajstić information content (AvgIpc) is 3.33. The molecule has 3 N–H and O–H groups in total. The van der Waals surface area contributed by atoms with Gasteiger partial charge in [0, 0.05) is 55.5 Å². The van der Waals surface area contributed by atoms with Crippen LogP contribution in [0.1, 0.15) is 31.7 Å². The van der Waals surface area contributed by atoms with Gasteiger partial charge >= 0.3 is 0 Å². The van der Waals surface area contributed by atoms with E-state index in [1.54, 1.807) is 21.3 Å². The predicted molar refractivity (Wildman–Crippen MR) is 140 cm³/mol. The van der Waals surface area contributed by atoms with E-state index in [4.69, 9.17) is 25.8 Å². The zero-order valence-corrected chi connectivity index (χ0v) is 22.2. The number of nitrogens with one attached hydrogen (secondary N) is 3. The summed E-state index contributed by atoms with van der Waals surface area (Å²) in [6.07, 6.45) is 6.36. The molecule has 1 aliphatic carbocycles. The van der Waals surface area contributed by atoms with Gasteiger partial charge in [-0.1, -0.05) is 23.7 Å². The summed E-state index contributed by atoms with van der Waals surface area (Å²) in [5, 5.41) is 11.9. The molecule has 0 amide bonds. The number of nitrogens with zero attached hydrogens (tertiary/aromatic N) is 1. The van der Waals surface area contributed by atoms with Crippen LogP contribution in [0.3, 0.4) is 0 Å². The minimum absolute atomic E-state index is 0.121. The fourth-order valence-corrected chi connectivity index (χ4v) is 5.85. The highest BCUT2D eigenvalue weighted by molar-refractivity contribution is 6.30. The number of rotatable bonds is 10. The lowest BCUT2D eigenvalue weighted by Gasteiger charge is -2.39. The molecular formula is C27H41ClN4O3. The summed E-state index contributed by atoms with van der Waals surface area (Å²) in [6, 6.07) is 9.26. The number of hydrogen-bond donors (Lipinski definition) is 3. The van der Waals surface area contributed by atoms with Crippen LogP contribution in [0.5, 0.6) is 0 Å². The lowest BCUT2D eigenvalue weighted by molar-refractivity contribution is 0.0633. The minimum Gasteiger partial charge on any atom is -0.494 e. The molecule has 7 nitrogen and oxygen atoms in total. The third-order valence-corrected chi connectivity index (χ3v) is 7.83. The van der Waals surface area contributed by atoms with Crippen LogP contribution in [0.15, 0.2) is 47.6 Å². The monoisotopic (exact) mass is 504 g/mol. The van der Waals surface area contributed by atoms with Crippen LogP contribution in [-0.2, 0) is 20.6 Å². The maximum Gasteiger partial charge on any atom is 0.166 e. The summed E-state index contributed by atoms with van der Waals surface area (Å²) in [6.45, 7) is 6.52. The molecule has 8 heteroatoms. The lowest BCUT2D eigenvalue weighted by atomic mass is 9.89. The molecule has 3 aliphatic rings. The van der Waals surface area contributed by atoms with E-state index in [-0.39, 0.29) is 12.3 Å². The molecule has 0 spiro atoms. The molecular weight excluding hydrogens is 464 g/mol. The number of hydrogen-bond acceptors (Lipinski definition) is 7. The van der Waals surface area contributed by atoms with Gasteiger partial charge in [-0.3, -0.25) is 10.2 Å². The van der Waals surface area contributed by atoms with Crippen LogP contribution in [0.25, 0.3) is 0 Å². The molecule has 0 radical (unpaired) electrons. The molecule has 4 rings (SSSR count). The molecule has 1 aromatic rings. The third-order valence-electron chi connectivity index (χ3n) is 7.57. The Labute approximate surface area is 215 Å². The van der Waals surface area contributed by atoms with Gasteiger partial charge in [-0.15, -0.1) is 0 Å². The highest BCUT2D eigenvalue weighted by Gasteiger charge is 2.35. The number of allylic oxidation sites excluding steroid dienone is 1. The first kappa shape index (κ1) is 26.3. The number of ether oxygens (including phenoxy) is 3. The molecule has 35 heavy (non-hydrogen) atoms. The fourth-order valence-electron chi connectivity index (χ4n) is 5.72. The third kappa shape index (κ3) is 6.71. The van der Waals surface area contributed by atoms with Crippen molar-refractivity contribution in [2.45, 2.75) is 57.0 Å². The van der Waals surface area contributed by atoms with E-state index in [1.165, 1.54) is 18.4 Å². The van der Waals surface area contributed by atoms with Crippen LogP contribution in [0.2, 0.25) is 5.02 Å². The Hall–Kier alpha value is -1.77. The van der Waals surface area contributed by atoms with Gasteiger partial charge in [-0.25, -0.2) is 0 Å². The van der Waals surface area contributed by atoms with Gasteiger partial charge in [-0.2, -0.15) is 0 Å². The topological polar surface area (TPSA) is 67.0 Å². The molecule has 0 aromatic heterocycles. The maximum absolute atomic E-state index is 6.04. The molecule has 1 aromatic carbocycles. The van der Waals surface area contributed by atoms with E-state index in [2.05, 4.69) is 39.9 Å². The van der Waals surface area contributed by atoms with Gasteiger partial charge < -0.3 is 24.8 Å². The second-order valence-electron chi connectivity index (χ2n) is 9.91. The van der Waals surface area contributed by atoms with Crippen molar-refractivity contribution in [1.82, 2.24) is 20.9 Å². The van der Waals surface area contributed by atoms with Gasteiger partial charge in [0.25, 0.3) is 0 Å². The normalized spacial score (nSPS) is 27.0. The van der Waals surface area contributed by atoms with Crippen molar-refractivity contribution in [2.75, 3.05) is 47.5 Å². The van der Waals surface area contributed by atoms with Crippen molar-refractivity contribution in [3.8, 4) is 0 Å². The predicted octanol–water partition coefficient (Wildman–Crippen LogP) is 3.27. The maximum atomic E-state index is 6.04. The number of halogens is 1. The second-order valence-corrected chi connectivity index (χ2v) is 10.3. The van der Waals surface area contributed by atoms with Gasteiger partial charge in [0.05, 0.1) is 20.4 Å². The first-order valence-corrected chi connectivity index (χ1v) is 13.2. The van der Waals surface area contributed by atoms with E-state index in [0.717, 1.165) is 61.4 Å². The zero-order chi connectivity index (χ0) is 24.8. The van der Waals surface area contributed by atoms with Crippen LogP contribution in [-0.4, -0.2) is 76.8 Å². The van der Waals surface area contributed by atoms with E-state index in [1.807, 2.05) is 18.2 Å². The van der Waals surface area contributed by atoms with E-state index in [9.17, 15) is 0 Å². The summed E-state index contributed by atoms with van der Waals surface area (Å²) in [4.78, 5) is 2.68. The van der Waals surface area contributed by atoms with Crippen molar-refractivity contribution in [3.05, 3.63) is 58.1 Å². The minimum atomic E-state index is -0.148. The molecule has 0 bridgehead atoms. The highest BCUT2D eigenvalue weighted by atomic mass is 35.5. The number of methoxy groups -OCH3 is 3. The molecule has 0 saturated carbocycles. The highest BCUT2D eigenvalue weighted by Crippen LogP contribution is 2.27. The SMILES string of the molecule is COC1=C(OC)C(OC)CC(NC(C)N[C@@H]2CNC[C@H]2N2CCC(Cc3ccc(Cl)cc3)CC2)=C1. The molecule has 2 unspecified atom stereocenters. The standard InChI is InChI=1S/C27H41ClN4O3/c1-18(30-22-14-25(33-2)27(35-4)26(15-22)34-3)31-23-16-29-17-24(23)32-11-9-20(10-12-32)13-19-5-7-21(28)8-6-19/h5-8,14,18,20,23-24,26,29-31H,9-13,15-17H2,1-4H3/t18?,23-,24-,26?/m1/s1. The van der Waals surface area contributed by atoms with Crippen molar-refractivity contribution >= 4 is 11.6 Å². The molecule has 2 heterocycles. The lowest BCUT2D eigenvalue weighted by Crippen LogP contribution is -2.56. The van der Waals surface area contributed by atoms with Gasteiger partial charge in [0.15, 0.2) is 11.5 Å². The second kappa shape index (κ2) is 12.5. The van der Waals surface area contributed by atoms with Crippen LogP contribution in [0, 0.1) is 5.92 Å². The molecule has 2 saturated heterocycles. The smallest absolute Gasteiger partial charge is 0.166 e. The summed E-state index contributed by atoms with van der Waals surface area (Å²) < 4.78 is 16.7. The van der Waals surface area contributed by atoms with Crippen LogP contribution in [0.4, 0.5) is 0 Å². The molecule has 194 valence electrons. The average molecular weight is 505 g/mol. The molecule has 4 atom stereocenters. The van der Waals surface area contributed by atoms with Gasteiger partial charge in [-0.05, 0) is 62.9 Å². The fraction of sp³-hybridized carbons (Fsp3) is 0.630. The van der Waals surface area contributed by atoms with Crippen molar-refractivity contribution in [2.24, 2.45) is 5.92 Å². The summed E-state index contributed by atoms with van der Waals surface area (Å²) in [5.41, 5.74) is 2.48. The molecule has 2 fully saturated rings. The van der Waals surface area contributed by atoms with E-state index in [0.29, 0.717) is 17.8 Å². The van der Waals surface area contributed by atoms with Crippen molar-refractivity contribution in [3.63, 3.8) is 0 Å². The summed E-state index contributed by atoms with van der Waals surface area (Å²) >= 11 is 6.04. The number of benzene rings is 1. The Morgan fingerprint density at radius 3 is 2.49 bits per heavy atom. The van der Waals surface area contributed by atoms with Crippen LogP contribution < -0.4 is 16.0 Å². The van der Waals surface area contributed by atoms with Crippen molar-refractivity contribution < 1.29 is 14.2 Å². The molecule has 2 aliphatic heterocycles. The van der Waals surface area contributed by atoms with Crippen molar-refractivity contribution in [1.29, 1.82) is 0 Å². The van der Waals surface area contributed by atoms with E-state index >= 15 is 0 Å². The quantitative estimate of drug-likeness (QED) is 0.422. The first-order chi connectivity index (χ1) is 17.0. The Kier molecular flexibility index (Phi) is 9.36. The zero-order valence-electron chi connectivity index (χ0n) is 21.5. The Balaban J connectivity index is 1.28. The van der Waals surface area contributed by atoms with E-state index < -0.39 is 0 Å². The Morgan fingerprint density at radius 2 is 1.83 bits per heavy atom. The van der Waals surface area contributed by atoms with Crippen LogP contribution >= 0.6 is 11.6 Å². The number of piperidine rings is 1.